The lowest BCUT2D eigenvalue weighted by Gasteiger charge is -2.15. The highest BCUT2D eigenvalue weighted by atomic mass is 32.2. The average Bonchev–Trinajstić information content (AvgIpc) is 3.11. The maximum atomic E-state index is 11.6. The summed E-state index contributed by atoms with van der Waals surface area (Å²) >= 11 is 0. The van der Waals surface area contributed by atoms with E-state index in [2.05, 4.69) is 15.6 Å². The third kappa shape index (κ3) is 6.28. The lowest BCUT2D eigenvalue weighted by molar-refractivity contribution is 0.311. The fourth-order valence-corrected chi connectivity index (χ4v) is 3.85. The number of sulfonamides is 1. The van der Waals surface area contributed by atoms with Gasteiger partial charge in [-0.1, -0.05) is 0 Å². The van der Waals surface area contributed by atoms with Gasteiger partial charge in [-0.15, -0.1) is 0 Å². The molecule has 0 amide bonds. The molecule has 152 valence electrons. The summed E-state index contributed by atoms with van der Waals surface area (Å²) in [6.07, 6.45) is 2.08. The highest BCUT2D eigenvalue weighted by Crippen LogP contribution is 2.30. The Hall–Kier alpha value is -2.00. The Bertz CT molecular complexity index is 752. The summed E-state index contributed by atoms with van der Waals surface area (Å²) in [7, 11) is -1.52. The van der Waals surface area contributed by atoms with Crippen molar-refractivity contribution in [3.8, 4) is 11.5 Å². The van der Waals surface area contributed by atoms with Gasteiger partial charge in [0.05, 0.1) is 20.0 Å². The topological polar surface area (TPSA) is 92.3 Å². The molecule has 1 fully saturated rings. The molecule has 2 rings (SSSR count). The first-order chi connectivity index (χ1) is 12.9. The summed E-state index contributed by atoms with van der Waals surface area (Å²) in [5, 5.41) is 6.47. The van der Waals surface area contributed by atoms with Crippen molar-refractivity contribution >= 4 is 21.7 Å². The summed E-state index contributed by atoms with van der Waals surface area (Å²) in [6, 6.07) is 5.62. The van der Waals surface area contributed by atoms with Crippen molar-refractivity contribution in [2.75, 3.05) is 51.5 Å². The molecule has 0 aliphatic carbocycles. The summed E-state index contributed by atoms with van der Waals surface area (Å²) in [5.41, 5.74) is 0.833. The molecule has 0 aromatic heterocycles. The monoisotopic (exact) mass is 398 g/mol. The number of hydrogen-bond donors (Lipinski definition) is 2. The van der Waals surface area contributed by atoms with E-state index in [1.165, 1.54) is 10.6 Å². The van der Waals surface area contributed by atoms with Crippen LogP contribution in [0.15, 0.2) is 23.2 Å². The molecular weight excluding hydrogens is 368 g/mol. The molecule has 1 aromatic rings. The van der Waals surface area contributed by atoms with Gasteiger partial charge in [0.15, 0.2) is 17.5 Å². The van der Waals surface area contributed by atoms with Gasteiger partial charge in [-0.25, -0.2) is 12.7 Å². The molecule has 1 atom stereocenters. The zero-order chi connectivity index (χ0) is 19.9. The molecule has 1 heterocycles. The van der Waals surface area contributed by atoms with E-state index in [0.717, 1.165) is 18.7 Å². The first kappa shape index (κ1) is 21.3. The predicted octanol–water partition coefficient (Wildman–Crippen LogP) is 1.75. The molecule has 1 aliphatic heterocycles. The number of aliphatic imine (C=N–C) groups is 1. The molecule has 0 bridgehead atoms. The van der Waals surface area contributed by atoms with Crippen LogP contribution in [0.1, 0.15) is 20.3 Å². The largest absolute Gasteiger partial charge is 0.493 e. The van der Waals surface area contributed by atoms with Gasteiger partial charge in [0.2, 0.25) is 10.0 Å². The number of nitrogens with one attached hydrogen (secondary N) is 2. The van der Waals surface area contributed by atoms with E-state index in [9.17, 15) is 8.42 Å². The molecule has 1 unspecified atom stereocenters. The first-order valence-electron chi connectivity index (χ1n) is 9.18. The number of hydrogen-bond acceptors (Lipinski definition) is 5. The molecule has 1 aromatic carbocycles. The lowest BCUT2D eigenvalue weighted by atomic mass is 10.1. The molecule has 2 N–H and O–H groups in total. The minimum absolute atomic E-state index is 0.227. The third-order valence-corrected chi connectivity index (χ3v) is 5.57. The van der Waals surface area contributed by atoms with Gasteiger partial charge < -0.3 is 20.1 Å². The van der Waals surface area contributed by atoms with Crippen LogP contribution in [0.5, 0.6) is 11.5 Å². The van der Waals surface area contributed by atoms with E-state index >= 15 is 0 Å². The Labute approximate surface area is 162 Å². The molecule has 0 saturated carbocycles. The van der Waals surface area contributed by atoms with Crippen LogP contribution in [0.4, 0.5) is 5.69 Å². The molecule has 8 nitrogen and oxygen atoms in total. The Morgan fingerprint density at radius 3 is 2.70 bits per heavy atom. The fraction of sp³-hybridized carbons (Fsp3) is 0.611. The van der Waals surface area contributed by atoms with Crippen LogP contribution < -0.4 is 20.1 Å². The summed E-state index contributed by atoms with van der Waals surface area (Å²) in [6.45, 7) is 6.87. The lowest BCUT2D eigenvalue weighted by Crippen LogP contribution is -2.32. The first-order valence-corrected chi connectivity index (χ1v) is 11.0. The quantitative estimate of drug-likeness (QED) is 0.512. The fourth-order valence-electron chi connectivity index (χ4n) is 2.93. The number of rotatable bonds is 8. The highest BCUT2D eigenvalue weighted by Gasteiger charge is 2.28. The van der Waals surface area contributed by atoms with Crippen molar-refractivity contribution in [3.63, 3.8) is 0 Å². The molecule has 9 heteroatoms. The minimum atomic E-state index is -3.12. The van der Waals surface area contributed by atoms with E-state index in [4.69, 9.17) is 9.47 Å². The SMILES string of the molecule is CCNC(=NCC1CCN(S(C)(=O)=O)C1)Nc1ccc(OCC)c(OC)c1. The second kappa shape index (κ2) is 9.80. The van der Waals surface area contributed by atoms with Crippen LogP contribution in [0.3, 0.4) is 0 Å². The summed E-state index contributed by atoms with van der Waals surface area (Å²) < 4.78 is 35.7. The molecule has 1 aliphatic rings. The van der Waals surface area contributed by atoms with Crippen molar-refractivity contribution in [1.82, 2.24) is 9.62 Å². The van der Waals surface area contributed by atoms with Crippen LogP contribution in [0.25, 0.3) is 0 Å². The number of ether oxygens (including phenoxy) is 2. The number of guanidine groups is 1. The van der Waals surface area contributed by atoms with Crippen LogP contribution in [0, 0.1) is 5.92 Å². The van der Waals surface area contributed by atoms with Gasteiger partial charge in [0.25, 0.3) is 0 Å². The van der Waals surface area contributed by atoms with Gasteiger partial charge in [-0.05, 0) is 38.3 Å². The zero-order valence-electron chi connectivity index (χ0n) is 16.5. The molecule has 27 heavy (non-hydrogen) atoms. The van der Waals surface area contributed by atoms with E-state index in [0.29, 0.717) is 43.7 Å². The number of methoxy groups -OCH3 is 1. The standard InChI is InChI=1S/C18H30N4O4S/c1-5-19-18(20-12-14-9-10-22(13-14)27(4,23)24)21-15-7-8-16(26-6-2)17(11-15)25-3/h7-8,11,14H,5-6,9-10,12-13H2,1-4H3,(H2,19,20,21). The molecule has 0 radical (unpaired) electrons. The van der Waals surface area contributed by atoms with Crippen molar-refractivity contribution in [2.24, 2.45) is 10.9 Å². The van der Waals surface area contributed by atoms with E-state index < -0.39 is 10.0 Å². The predicted molar refractivity (Wildman–Crippen MR) is 108 cm³/mol. The second-order valence-electron chi connectivity index (χ2n) is 6.42. The van der Waals surface area contributed by atoms with E-state index in [1.54, 1.807) is 7.11 Å². The third-order valence-electron chi connectivity index (χ3n) is 4.30. The van der Waals surface area contributed by atoms with Gasteiger partial charge in [-0.2, -0.15) is 0 Å². The molecular formula is C18H30N4O4S. The Morgan fingerprint density at radius 2 is 2.11 bits per heavy atom. The average molecular weight is 399 g/mol. The maximum absolute atomic E-state index is 11.6. The van der Waals surface area contributed by atoms with Crippen molar-refractivity contribution in [2.45, 2.75) is 20.3 Å². The van der Waals surface area contributed by atoms with Crippen LogP contribution >= 0.6 is 0 Å². The van der Waals surface area contributed by atoms with Crippen molar-refractivity contribution in [3.05, 3.63) is 18.2 Å². The van der Waals surface area contributed by atoms with E-state index in [1.807, 2.05) is 32.0 Å². The normalized spacial score (nSPS) is 18.4. The Kier molecular flexibility index (Phi) is 7.73. The number of nitrogens with zero attached hydrogens (tertiary/aromatic N) is 2. The maximum Gasteiger partial charge on any atom is 0.211 e. The number of anilines is 1. The summed E-state index contributed by atoms with van der Waals surface area (Å²) in [4.78, 5) is 4.62. The Morgan fingerprint density at radius 1 is 1.33 bits per heavy atom. The van der Waals surface area contributed by atoms with Crippen LogP contribution in [0.2, 0.25) is 0 Å². The van der Waals surface area contributed by atoms with E-state index in [-0.39, 0.29) is 5.92 Å². The molecule has 1 saturated heterocycles. The second-order valence-corrected chi connectivity index (χ2v) is 8.40. The summed E-state index contributed by atoms with van der Waals surface area (Å²) in [5.74, 6) is 2.23. The zero-order valence-corrected chi connectivity index (χ0v) is 17.3. The van der Waals surface area contributed by atoms with Gasteiger partial charge >= 0.3 is 0 Å². The van der Waals surface area contributed by atoms with Crippen LogP contribution in [-0.2, 0) is 10.0 Å². The van der Waals surface area contributed by atoms with Gasteiger partial charge in [0, 0.05) is 37.9 Å². The van der Waals surface area contributed by atoms with Gasteiger partial charge in [0.1, 0.15) is 0 Å². The van der Waals surface area contributed by atoms with Crippen LogP contribution in [-0.4, -0.2) is 64.8 Å². The highest BCUT2D eigenvalue weighted by molar-refractivity contribution is 7.88. The smallest absolute Gasteiger partial charge is 0.211 e. The van der Waals surface area contributed by atoms with Gasteiger partial charge in [-0.3, -0.25) is 4.99 Å². The molecule has 0 spiro atoms. The minimum Gasteiger partial charge on any atom is -0.493 e. The number of benzene rings is 1. The Balaban J connectivity index is 2.04. The van der Waals surface area contributed by atoms with Crippen molar-refractivity contribution in [1.29, 1.82) is 0 Å². The van der Waals surface area contributed by atoms with Crippen molar-refractivity contribution < 1.29 is 17.9 Å².